The number of hydrogen-bond donors (Lipinski definition) is 1. The third-order valence-electron chi connectivity index (χ3n) is 4.67. The van der Waals surface area contributed by atoms with Crippen molar-refractivity contribution in [2.45, 2.75) is 58.8 Å². The van der Waals surface area contributed by atoms with Crippen LogP contribution in [0.25, 0.3) is 0 Å². The van der Waals surface area contributed by atoms with Gasteiger partial charge in [-0.25, -0.2) is 0 Å². The summed E-state index contributed by atoms with van der Waals surface area (Å²) in [6, 6.07) is 3.78. The van der Waals surface area contributed by atoms with Crippen LogP contribution in [0, 0.1) is 5.92 Å². The molecule has 0 aliphatic heterocycles. The molecule has 0 bridgehead atoms. The van der Waals surface area contributed by atoms with Crippen molar-refractivity contribution in [2.24, 2.45) is 5.92 Å². The number of hydrogen-bond acceptors (Lipinski definition) is 6. The van der Waals surface area contributed by atoms with E-state index in [4.69, 9.17) is 15.2 Å². The van der Waals surface area contributed by atoms with Gasteiger partial charge >= 0.3 is 5.97 Å². The SMILES string of the molecule is CCCN(CCC)c1cc(N)nc(OCCOC(=O)C2CCCCC2)c1. The average molecular weight is 364 g/mol. The summed E-state index contributed by atoms with van der Waals surface area (Å²) < 4.78 is 11.0. The first kappa shape index (κ1) is 20.3. The van der Waals surface area contributed by atoms with Crippen LogP contribution in [0.5, 0.6) is 5.88 Å². The molecular formula is C20H33N3O3. The molecular weight excluding hydrogens is 330 g/mol. The lowest BCUT2D eigenvalue weighted by Crippen LogP contribution is -2.25. The van der Waals surface area contributed by atoms with Crippen molar-refractivity contribution >= 4 is 17.5 Å². The Morgan fingerprint density at radius 2 is 1.85 bits per heavy atom. The minimum absolute atomic E-state index is 0.0671. The molecule has 0 atom stereocenters. The van der Waals surface area contributed by atoms with Crippen LogP contribution < -0.4 is 15.4 Å². The maximum atomic E-state index is 12.0. The number of nitrogens with zero attached hydrogens (tertiary/aromatic N) is 2. The van der Waals surface area contributed by atoms with E-state index in [-0.39, 0.29) is 25.1 Å². The van der Waals surface area contributed by atoms with E-state index in [1.165, 1.54) is 6.42 Å². The molecule has 1 aromatic rings. The van der Waals surface area contributed by atoms with Gasteiger partial charge in [0.25, 0.3) is 0 Å². The van der Waals surface area contributed by atoms with Crippen LogP contribution in [0.3, 0.4) is 0 Å². The number of nitrogens with two attached hydrogens (primary N) is 1. The average Bonchev–Trinajstić information content (AvgIpc) is 2.65. The van der Waals surface area contributed by atoms with Crippen LogP contribution >= 0.6 is 0 Å². The number of ether oxygens (including phenoxy) is 2. The van der Waals surface area contributed by atoms with Crippen molar-refractivity contribution in [1.82, 2.24) is 4.98 Å². The first-order valence-electron chi connectivity index (χ1n) is 9.96. The van der Waals surface area contributed by atoms with E-state index in [0.717, 1.165) is 57.3 Å². The van der Waals surface area contributed by atoms with Gasteiger partial charge < -0.3 is 20.1 Å². The van der Waals surface area contributed by atoms with Crippen LogP contribution in [-0.4, -0.2) is 37.3 Å². The fourth-order valence-electron chi connectivity index (χ4n) is 3.42. The Kier molecular flexibility index (Phi) is 8.51. The molecule has 1 heterocycles. The molecule has 1 aromatic heterocycles. The molecule has 0 unspecified atom stereocenters. The predicted molar refractivity (Wildman–Crippen MR) is 104 cm³/mol. The molecule has 0 radical (unpaired) electrons. The van der Waals surface area contributed by atoms with E-state index >= 15 is 0 Å². The zero-order valence-electron chi connectivity index (χ0n) is 16.2. The summed E-state index contributed by atoms with van der Waals surface area (Å²) in [4.78, 5) is 18.5. The molecule has 0 saturated heterocycles. The van der Waals surface area contributed by atoms with Gasteiger partial charge in [-0.3, -0.25) is 4.79 Å². The van der Waals surface area contributed by atoms with E-state index in [0.29, 0.717) is 11.7 Å². The number of esters is 1. The summed E-state index contributed by atoms with van der Waals surface area (Å²) in [6.45, 7) is 6.78. The highest BCUT2D eigenvalue weighted by Crippen LogP contribution is 2.25. The second-order valence-electron chi connectivity index (χ2n) is 6.93. The third-order valence-corrected chi connectivity index (χ3v) is 4.67. The van der Waals surface area contributed by atoms with E-state index in [9.17, 15) is 4.79 Å². The number of pyridine rings is 1. The molecule has 1 aliphatic rings. The molecule has 146 valence electrons. The van der Waals surface area contributed by atoms with Gasteiger partial charge in [0.1, 0.15) is 19.0 Å². The minimum Gasteiger partial charge on any atom is -0.474 e. The van der Waals surface area contributed by atoms with Crippen LogP contribution in [0.4, 0.5) is 11.5 Å². The van der Waals surface area contributed by atoms with E-state index in [1.807, 2.05) is 12.1 Å². The van der Waals surface area contributed by atoms with Gasteiger partial charge in [-0.2, -0.15) is 4.98 Å². The monoisotopic (exact) mass is 363 g/mol. The summed E-state index contributed by atoms with van der Waals surface area (Å²) in [5.41, 5.74) is 6.96. The predicted octanol–water partition coefficient (Wildman–Crippen LogP) is 3.79. The van der Waals surface area contributed by atoms with Gasteiger partial charge in [0.2, 0.25) is 5.88 Å². The lowest BCUT2D eigenvalue weighted by Gasteiger charge is -2.24. The molecule has 6 heteroatoms. The van der Waals surface area contributed by atoms with Gasteiger partial charge in [-0.15, -0.1) is 0 Å². The van der Waals surface area contributed by atoms with Crippen molar-refractivity contribution in [2.75, 3.05) is 36.9 Å². The number of nitrogen functional groups attached to an aromatic ring is 1. The number of rotatable bonds is 10. The number of carbonyl (C=O) groups is 1. The molecule has 1 saturated carbocycles. The number of anilines is 2. The first-order chi connectivity index (χ1) is 12.6. The van der Waals surface area contributed by atoms with Crippen molar-refractivity contribution in [3.63, 3.8) is 0 Å². The maximum absolute atomic E-state index is 12.0. The van der Waals surface area contributed by atoms with Crippen LogP contribution in [0.1, 0.15) is 58.8 Å². The standard InChI is InChI=1S/C20H33N3O3/c1-3-10-23(11-4-2)17-14-18(21)22-19(15-17)25-12-13-26-20(24)16-8-6-5-7-9-16/h14-16H,3-13H2,1-2H3,(H2,21,22). The molecule has 1 aliphatic carbocycles. The summed E-state index contributed by atoms with van der Waals surface area (Å²) in [6.07, 6.45) is 7.50. The first-order valence-corrected chi connectivity index (χ1v) is 9.96. The van der Waals surface area contributed by atoms with Gasteiger partial charge in [-0.1, -0.05) is 33.1 Å². The van der Waals surface area contributed by atoms with Crippen molar-refractivity contribution in [1.29, 1.82) is 0 Å². The third kappa shape index (κ3) is 6.39. The fraction of sp³-hybridized carbons (Fsp3) is 0.700. The fourth-order valence-corrected chi connectivity index (χ4v) is 3.42. The summed E-state index contributed by atoms with van der Waals surface area (Å²) in [5, 5.41) is 0. The van der Waals surface area contributed by atoms with E-state index in [2.05, 4.69) is 23.7 Å². The Hall–Kier alpha value is -1.98. The molecule has 1 fully saturated rings. The minimum atomic E-state index is -0.0911. The van der Waals surface area contributed by atoms with Crippen LogP contribution in [0.2, 0.25) is 0 Å². The largest absolute Gasteiger partial charge is 0.474 e. The number of carbonyl (C=O) groups excluding carboxylic acids is 1. The Bertz CT molecular complexity index is 553. The van der Waals surface area contributed by atoms with E-state index in [1.54, 1.807) is 0 Å². The Labute approximate surface area is 157 Å². The van der Waals surface area contributed by atoms with Gasteiger partial charge in [0, 0.05) is 30.9 Å². The van der Waals surface area contributed by atoms with Crippen molar-refractivity contribution in [3.05, 3.63) is 12.1 Å². The summed E-state index contributed by atoms with van der Waals surface area (Å²) >= 11 is 0. The zero-order chi connectivity index (χ0) is 18.8. The van der Waals surface area contributed by atoms with E-state index < -0.39 is 0 Å². The highest BCUT2D eigenvalue weighted by Gasteiger charge is 2.22. The quantitative estimate of drug-likeness (QED) is 0.503. The van der Waals surface area contributed by atoms with Gasteiger partial charge in [-0.05, 0) is 25.7 Å². The lowest BCUT2D eigenvalue weighted by molar-refractivity contribution is -0.150. The van der Waals surface area contributed by atoms with Gasteiger partial charge in [0.05, 0.1) is 5.92 Å². The van der Waals surface area contributed by atoms with Crippen molar-refractivity contribution < 1.29 is 14.3 Å². The Morgan fingerprint density at radius 3 is 2.50 bits per heavy atom. The molecule has 6 nitrogen and oxygen atoms in total. The summed E-state index contributed by atoms with van der Waals surface area (Å²) in [7, 11) is 0. The van der Waals surface area contributed by atoms with Crippen LogP contribution in [-0.2, 0) is 9.53 Å². The molecule has 2 N–H and O–H groups in total. The normalized spacial score (nSPS) is 14.8. The second-order valence-corrected chi connectivity index (χ2v) is 6.93. The van der Waals surface area contributed by atoms with Crippen molar-refractivity contribution in [3.8, 4) is 5.88 Å². The molecule has 0 aromatic carbocycles. The highest BCUT2D eigenvalue weighted by molar-refractivity contribution is 5.72. The molecule has 0 amide bonds. The zero-order valence-corrected chi connectivity index (χ0v) is 16.2. The molecule has 0 spiro atoms. The van der Waals surface area contributed by atoms with Gasteiger partial charge in [0.15, 0.2) is 0 Å². The Morgan fingerprint density at radius 1 is 1.15 bits per heavy atom. The maximum Gasteiger partial charge on any atom is 0.309 e. The Balaban J connectivity index is 1.83. The summed E-state index contributed by atoms with van der Waals surface area (Å²) in [5.74, 6) is 0.893. The van der Waals surface area contributed by atoms with Crippen LogP contribution in [0.15, 0.2) is 12.1 Å². The smallest absolute Gasteiger partial charge is 0.309 e. The second kappa shape index (κ2) is 10.9. The molecule has 2 rings (SSSR count). The lowest BCUT2D eigenvalue weighted by atomic mass is 9.89. The topological polar surface area (TPSA) is 77.7 Å². The molecule has 26 heavy (non-hydrogen) atoms. The highest BCUT2D eigenvalue weighted by atomic mass is 16.6. The number of aromatic nitrogens is 1.